The van der Waals surface area contributed by atoms with Crippen LogP contribution in [0, 0.1) is 6.92 Å². The largest absolute Gasteiger partial charge is 0.508 e. The monoisotopic (exact) mass is 371 g/mol. The fourth-order valence-corrected chi connectivity index (χ4v) is 3.71. The molecule has 2 aromatic carbocycles. The lowest BCUT2D eigenvalue weighted by molar-refractivity contribution is -0.113. The molecule has 1 fully saturated rings. The SMILES string of the molecule is Cc1ccc(C(=O)O)cc1N1C(=O)/C(=C/c2cccc(O)c2)SC1=S. The molecule has 0 spiro atoms. The lowest BCUT2D eigenvalue weighted by Gasteiger charge is -2.17. The van der Waals surface area contributed by atoms with Gasteiger partial charge in [0.25, 0.3) is 5.91 Å². The normalized spacial score (nSPS) is 15.9. The molecule has 0 aromatic heterocycles. The van der Waals surface area contributed by atoms with Crippen LogP contribution in [-0.2, 0) is 4.79 Å². The smallest absolute Gasteiger partial charge is 0.335 e. The number of thioether (sulfide) groups is 1. The van der Waals surface area contributed by atoms with Crippen LogP contribution in [0.3, 0.4) is 0 Å². The van der Waals surface area contributed by atoms with Gasteiger partial charge in [-0.15, -0.1) is 0 Å². The van der Waals surface area contributed by atoms with Crippen molar-refractivity contribution in [1.82, 2.24) is 0 Å². The van der Waals surface area contributed by atoms with Crippen molar-refractivity contribution < 1.29 is 19.8 Å². The lowest BCUT2D eigenvalue weighted by atomic mass is 10.1. The molecule has 5 nitrogen and oxygen atoms in total. The number of aromatic hydroxyl groups is 1. The van der Waals surface area contributed by atoms with E-state index in [0.29, 0.717) is 20.5 Å². The van der Waals surface area contributed by atoms with Gasteiger partial charge in [0.2, 0.25) is 0 Å². The van der Waals surface area contributed by atoms with Crippen LogP contribution in [0.4, 0.5) is 5.69 Å². The van der Waals surface area contributed by atoms with E-state index in [2.05, 4.69) is 0 Å². The van der Waals surface area contributed by atoms with Crippen LogP contribution < -0.4 is 4.90 Å². The summed E-state index contributed by atoms with van der Waals surface area (Å²) in [7, 11) is 0. The zero-order chi connectivity index (χ0) is 18.1. The topological polar surface area (TPSA) is 77.8 Å². The fraction of sp³-hybridized carbons (Fsp3) is 0.0556. The summed E-state index contributed by atoms with van der Waals surface area (Å²) in [5.74, 6) is -1.28. The molecule has 0 atom stereocenters. The Morgan fingerprint density at radius 3 is 2.68 bits per heavy atom. The molecule has 2 aromatic rings. The summed E-state index contributed by atoms with van der Waals surface area (Å²) in [5, 5.41) is 18.7. The fourth-order valence-electron chi connectivity index (χ4n) is 2.42. The highest BCUT2D eigenvalue weighted by atomic mass is 32.2. The molecule has 0 bridgehead atoms. The summed E-state index contributed by atoms with van der Waals surface area (Å²) in [6, 6.07) is 11.1. The Morgan fingerprint density at radius 1 is 1.24 bits per heavy atom. The summed E-state index contributed by atoms with van der Waals surface area (Å²) < 4.78 is 0.335. The number of carboxylic acid groups (broad SMARTS) is 1. The van der Waals surface area contributed by atoms with Crippen molar-refractivity contribution in [3.05, 3.63) is 64.1 Å². The summed E-state index contributed by atoms with van der Waals surface area (Å²) in [6.07, 6.45) is 1.65. The van der Waals surface area contributed by atoms with Crippen molar-refractivity contribution in [2.24, 2.45) is 0 Å². The van der Waals surface area contributed by atoms with Gasteiger partial charge in [0, 0.05) is 0 Å². The Hall–Kier alpha value is -2.64. The van der Waals surface area contributed by atoms with Gasteiger partial charge in [-0.1, -0.05) is 42.2 Å². The van der Waals surface area contributed by atoms with Gasteiger partial charge in [0.15, 0.2) is 4.32 Å². The Labute approximate surface area is 153 Å². The highest BCUT2D eigenvalue weighted by molar-refractivity contribution is 8.27. The molecule has 1 heterocycles. The maximum absolute atomic E-state index is 12.8. The molecule has 2 N–H and O–H groups in total. The average molecular weight is 371 g/mol. The predicted molar refractivity (Wildman–Crippen MR) is 102 cm³/mol. The van der Waals surface area contributed by atoms with Gasteiger partial charge in [-0.2, -0.15) is 0 Å². The van der Waals surface area contributed by atoms with Crippen LogP contribution in [0.5, 0.6) is 5.75 Å². The molecule has 25 heavy (non-hydrogen) atoms. The van der Waals surface area contributed by atoms with E-state index < -0.39 is 5.97 Å². The average Bonchev–Trinajstić information content (AvgIpc) is 2.82. The number of aryl methyl sites for hydroxylation is 1. The van der Waals surface area contributed by atoms with Gasteiger partial charge in [-0.05, 0) is 48.4 Å². The van der Waals surface area contributed by atoms with Gasteiger partial charge >= 0.3 is 5.97 Å². The van der Waals surface area contributed by atoms with Gasteiger partial charge in [0.05, 0.1) is 16.2 Å². The second kappa shape index (κ2) is 6.70. The molecule has 1 saturated heterocycles. The zero-order valence-electron chi connectivity index (χ0n) is 13.1. The number of amides is 1. The van der Waals surface area contributed by atoms with E-state index >= 15 is 0 Å². The van der Waals surface area contributed by atoms with Crippen LogP contribution >= 0.6 is 24.0 Å². The first kappa shape index (κ1) is 17.2. The minimum Gasteiger partial charge on any atom is -0.508 e. The highest BCUT2D eigenvalue weighted by Gasteiger charge is 2.34. The third-order valence-electron chi connectivity index (χ3n) is 3.66. The van der Waals surface area contributed by atoms with Crippen molar-refractivity contribution in [3.8, 4) is 5.75 Å². The first-order valence-electron chi connectivity index (χ1n) is 7.28. The minimum atomic E-state index is -1.07. The number of carboxylic acids is 1. The molecule has 1 aliphatic rings. The van der Waals surface area contributed by atoms with Crippen LogP contribution in [0.25, 0.3) is 6.08 Å². The second-order valence-corrected chi connectivity index (χ2v) is 7.09. The van der Waals surface area contributed by atoms with E-state index in [4.69, 9.17) is 12.2 Å². The number of phenolic OH excluding ortho intramolecular Hbond substituents is 1. The maximum atomic E-state index is 12.8. The Bertz CT molecular complexity index is 936. The molecule has 0 unspecified atom stereocenters. The van der Waals surface area contributed by atoms with Crippen molar-refractivity contribution in [2.45, 2.75) is 6.92 Å². The van der Waals surface area contributed by atoms with E-state index in [-0.39, 0.29) is 17.2 Å². The van der Waals surface area contributed by atoms with Crippen molar-refractivity contribution in [2.75, 3.05) is 4.90 Å². The first-order chi connectivity index (χ1) is 11.9. The van der Waals surface area contributed by atoms with E-state index in [1.807, 2.05) is 0 Å². The number of hydrogen-bond donors (Lipinski definition) is 2. The molecule has 0 saturated carbocycles. The molecule has 7 heteroatoms. The van der Waals surface area contributed by atoms with Gasteiger partial charge in [-0.3, -0.25) is 9.69 Å². The number of carbonyl (C=O) groups excluding carboxylic acids is 1. The van der Waals surface area contributed by atoms with E-state index in [1.165, 1.54) is 17.0 Å². The number of rotatable bonds is 3. The third-order valence-corrected chi connectivity index (χ3v) is 4.96. The number of phenols is 1. The van der Waals surface area contributed by atoms with Crippen molar-refractivity contribution in [1.29, 1.82) is 0 Å². The van der Waals surface area contributed by atoms with Gasteiger partial charge in [0.1, 0.15) is 5.75 Å². The predicted octanol–water partition coefficient (Wildman–Crippen LogP) is 3.80. The molecule has 3 rings (SSSR count). The summed E-state index contributed by atoms with van der Waals surface area (Å²) >= 11 is 6.46. The Balaban J connectivity index is 2.00. The van der Waals surface area contributed by atoms with E-state index in [0.717, 1.165) is 17.3 Å². The van der Waals surface area contributed by atoms with Crippen LogP contribution in [-0.4, -0.2) is 26.4 Å². The first-order valence-corrected chi connectivity index (χ1v) is 8.50. The summed E-state index contributed by atoms with van der Waals surface area (Å²) in [6.45, 7) is 1.79. The van der Waals surface area contributed by atoms with Crippen molar-refractivity contribution in [3.63, 3.8) is 0 Å². The van der Waals surface area contributed by atoms with E-state index in [1.54, 1.807) is 43.3 Å². The number of anilines is 1. The Kier molecular flexibility index (Phi) is 4.61. The maximum Gasteiger partial charge on any atom is 0.335 e. The van der Waals surface area contributed by atoms with Crippen LogP contribution in [0.15, 0.2) is 47.4 Å². The number of nitrogens with zero attached hydrogens (tertiary/aromatic N) is 1. The molecule has 0 aliphatic carbocycles. The minimum absolute atomic E-state index is 0.0895. The number of aromatic carboxylic acids is 1. The summed E-state index contributed by atoms with van der Waals surface area (Å²) in [4.78, 5) is 25.7. The highest BCUT2D eigenvalue weighted by Crippen LogP contribution is 2.37. The van der Waals surface area contributed by atoms with Crippen LogP contribution in [0.1, 0.15) is 21.5 Å². The van der Waals surface area contributed by atoms with E-state index in [9.17, 15) is 19.8 Å². The van der Waals surface area contributed by atoms with Crippen LogP contribution in [0.2, 0.25) is 0 Å². The molecule has 0 radical (unpaired) electrons. The standard InChI is InChI=1S/C18H13NO4S2/c1-10-5-6-12(17(22)23)9-14(10)19-16(21)15(25-18(19)24)8-11-3-2-4-13(20)7-11/h2-9,20H,1H3,(H,22,23)/b15-8-. The Morgan fingerprint density at radius 2 is 2.00 bits per heavy atom. The molecule has 1 aliphatic heterocycles. The number of hydrogen-bond acceptors (Lipinski definition) is 5. The molecular weight excluding hydrogens is 358 g/mol. The lowest BCUT2D eigenvalue weighted by Crippen LogP contribution is -2.28. The summed E-state index contributed by atoms with van der Waals surface area (Å²) in [5.41, 5.74) is 1.98. The number of thiocarbonyl (C=S) groups is 1. The van der Waals surface area contributed by atoms with Gasteiger partial charge < -0.3 is 10.2 Å². The quantitative estimate of drug-likeness (QED) is 0.631. The number of benzene rings is 2. The zero-order valence-corrected chi connectivity index (χ0v) is 14.7. The second-order valence-electron chi connectivity index (χ2n) is 5.42. The number of carbonyl (C=O) groups is 2. The molecule has 126 valence electrons. The van der Waals surface area contributed by atoms with Gasteiger partial charge in [-0.25, -0.2) is 4.79 Å². The van der Waals surface area contributed by atoms with Crippen molar-refractivity contribution >= 4 is 51.9 Å². The molecule has 1 amide bonds. The third kappa shape index (κ3) is 3.42. The molecular formula is C18H13NO4S2.